The van der Waals surface area contributed by atoms with Crippen LogP contribution in [0.1, 0.15) is 41.3 Å². The Bertz CT molecular complexity index is 1240. The van der Waals surface area contributed by atoms with E-state index in [0.717, 1.165) is 41.0 Å². The molecular formula is C20H20N6OS2. The van der Waals surface area contributed by atoms with Crippen LogP contribution in [-0.2, 0) is 19.9 Å². The number of thioether (sulfide) groups is 1. The third-order valence-electron chi connectivity index (χ3n) is 5.30. The lowest BCUT2D eigenvalue weighted by Gasteiger charge is -2.13. The van der Waals surface area contributed by atoms with E-state index >= 15 is 0 Å². The summed E-state index contributed by atoms with van der Waals surface area (Å²) in [7, 11) is 1.80. The zero-order valence-corrected chi connectivity index (χ0v) is 17.8. The second-order valence-electron chi connectivity index (χ2n) is 7.19. The summed E-state index contributed by atoms with van der Waals surface area (Å²) in [4.78, 5) is 20.2. The Hall–Kier alpha value is -2.52. The second-order valence-corrected chi connectivity index (χ2v) is 9.59. The molecule has 0 radical (unpaired) electrons. The van der Waals surface area contributed by atoms with Crippen LogP contribution >= 0.6 is 23.1 Å². The van der Waals surface area contributed by atoms with Crippen LogP contribution in [0.3, 0.4) is 0 Å². The highest BCUT2D eigenvalue weighted by atomic mass is 32.2. The number of rotatable bonds is 4. The van der Waals surface area contributed by atoms with E-state index in [0.29, 0.717) is 5.16 Å². The Morgan fingerprint density at radius 1 is 1.17 bits per heavy atom. The van der Waals surface area contributed by atoms with Crippen LogP contribution in [-0.4, -0.2) is 29.8 Å². The van der Waals surface area contributed by atoms with E-state index in [4.69, 9.17) is 4.98 Å². The molecule has 0 N–H and O–H groups in total. The average Bonchev–Trinajstić information content (AvgIpc) is 3.37. The van der Waals surface area contributed by atoms with E-state index in [1.54, 1.807) is 27.6 Å². The van der Waals surface area contributed by atoms with Gasteiger partial charge in [-0.1, -0.05) is 30.0 Å². The molecule has 0 saturated carbocycles. The number of aryl methyl sites for hydroxylation is 2. The van der Waals surface area contributed by atoms with Crippen LogP contribution in [0.2, 0.25) is 0 Å². The molecule has 0 bridgehead atoms. The lowest BCUT2D eigenvalue weighted by molar-refractivity contribution is 0.694. The molecular weight excluding hydrogens is 404 g/mol. The SMILES string of the molecule is CC(Sc1nc2sc3c(c2c(=O)n1C)CCCC3)c1nnnn1-c1ccccc1. The van der Waals surface area contributed by atoms with Crippen LogP contribution in [0.25, 0.3) is 15.9 Å². The van der Waals surface area contributed by atoms with Gasteiger partial charge in [-0.15, -0.1) is 16.4 Å². The molecule has 1 aliphatic carbocycles. The van der Waals surface area contributed by atoms with Crippen LogP contribution in [0.5, 0.6) is 0 Å². The van der Waals surface area contributed by atoms with Gasteiger partial charge in [-0.05, 0) is 60.7 Å². The maximum absolute atomic E-state index is 13.1. The Morgan fingerprint density at radius 2 is 1.97 bits per heavy atom. The number of para-hydroxylation sites is 1. The molecule has 0 aliphatic heterocycles. The van der Waals surface area contributed by atoms with Crippen molar-refractivity contribution >= 4 is 33.3 Å². The monoisotopic (exact) mass is 424 g/mol. The van der Waals surface area contributed by atoms with Gasteiger partial charge in [0.2, 0.25) is 0 Å². The van der Waals surface area contributed by atoms with Crippen LogP contribution < -0.4 is 5.56 Å². The first-order valence-corrected chi connectivity index (χ1v) is 11.3. The summed E-state index contributed by atoms with van der Waals surface area (Å²) in [5, 5.41) is 13.7. The zero-order chi connectivity index (χ0) is 20.0. The molecule has 148 valence electrons. The molecule has 1 aromatic carbocycles. The Balaban J connectivity index is 1.52. The summed E-state index contributed by atoms with van der Waals surface area (Å²) in [6.45, 7) is 2.03. The average molecular weight is 425 g/mol. The minimum atomic E-state index is -0.0738. The number of nitrogens with zero attached hydrogens (tertiary/aromatic N) is 6. The molecule has 3 aromatic heterocycles. The van der Waals surface area contributed by atoms with Gasteiger partial charge in [0, 0.05) is 11.9 Å². The molecule has 1 atom stereocenters. The lowest BCUT2D eigenvalue weighted by Crippen LogP contribution is -2.21. The molecule has 7 nitrogen and oxygen atoms in total. The van der Waals surface area contributed by atoms with Gasteiger partial charge in [0.05, 0.1) is 16.3 Å². The number of thiophene rings is 1. The molecule has 0 saturated heterocycles. The van der Waals surface area contributed by atoms with E-state index < -0.39 is 0 Å². The number of hydrogen-bond acceptors (Lipinski definition) is 7. The van der Waals surface area contributed by atoms with E-state index in [2.05, 4.69) is 15.5 Å². The maximum Gasteiger partial charge on any atom is 0.262 e. The summed E-state index contributed by atoms with van der Waals surface area (Å²) in [6.07, 6.45) is 4.39. The van der Waals surface area contributed by atoms with Crippen molar-refractivity contribution in [1.29, 1.82) is 0 Å². The van der Waals surface area contributed by atoms with E-state index in [-0.39, 0.29) is 10.8 Å². The second kappa shape index (κ2) is 7.38. The molecule has 0 spiro atoms. The van der Waals surface area contributed by atoms with Gasteiger partial charge >= 0.3 is 0 Å². The summed E-state index contributed by atoms with van der Waals surface area (Å²) in [5.74, 6) is 0.723. The summed E-state index contributed by atoms with van der Waals surface area (Å²) in [6, 6.07) is 9.80. The first-order valence-electron chi connectivity index (χ1n) is 9.65. The molecule has 3 heterocycles. The molecule has 9 heteroatoms. The largest absolute Gasteiger partial charge is 0.290 e. The lowest BCUT2D eigenvalue weighted by atomic mass is 9.97. The smallest absolute Gasteiger partial charge is 0.262 e. The predicted molar refractivity (Wildman–Crippen MR) is 115 cm³/mol. The van der Waals surface area contributed by atoms with Crippen LogP contribution in [0.4, 0.5) is 0 Å². The third kappa shape index (κ3) is 3.18. The summed E-state index contributed by atoms with van der Waals surface area (Å²) in [5.41, 5.74) is 2.18. The number of fused-ring (bicyclic) bond motifs is 3. The molecule has 0 fully saturated rings. The normalized spacial score (nSPS) is 14.8. The first-order chi connectivity index (χ1) is 14.1. The van der Waals surface area contributed by atoms with Crippen molar-refractivity contribution in [2.24, 2.45) is 7.05 Å². The minimum absolute atomic E-state index is 0.0479. The van der Waals surface area contributed by atoms with Gasteiger partial charge in [-0.3, -0.25) is 9.36 Å². The van der Waals surface area contributed by atoms with Crippen molar-refractivity contribution in [1.82, 2.24) is 29.8 Å². The van der Waals surface area contributed by atoms with Gasteiger partial charge < -0.3 is 0 Å². The van der Waals surface area contributed by atoms with Gasteiger partial charge in [-0.25, -0.2) is 4.98 Å². The maximum atomic E-state index is 13.1. The number of hydrogen-bond donors (Lipinski definition) is 0. The van der Waals surface area contributed by atoms with Gasteiger partial charge in [-0.2, -0.15) is 4.68 Å². The quantitative estimate of drug-likeness (QED) is 0.367. The van der Waals surface area contributed by atoms with Crippen molar-refractivity contribution in [3.05, 3.63) is 57.0 Å². The highest BCUT2D eigenvalue weighted by Crippen LogP contribution is 2.37. The third-order valence-corrected chi connectivity index (χ3v) is 7.62. The topological polar surface area (TPSA) is 78.5 Å². The Morgan fingerprint density at radius 3 is 2.79 bits per heavy atom. The van der Waals surface area contributed by atoms with Crippen molar-refractivity contribution in [3.8, 4) is 5.69 Å². The molecule has 4 aromatic rings. The first kappa shape index (κ1) is 18.5. The molecule has 5 rings (SSSR count). The number of aromatic nitrogens is 6. The number of tetrazole rings is 1. The van der Waals surface area contributed by atoms with E-state index in [9.17, 15) is 4.79 Å². The van der Waals surface area contributed by atoms with Crippen molar-refractivity contribution < 1.29 is 0 Å². The number of benzene rings is 1. The molecule has 29 heavy (non-hydrogen) atoms. The summed E-state index contributed by atoms with van der Waals surface area (Å²) >= 11 is 3.18. The summed E-state index contributed by atoms with van der Waals surface area (Å²) < 4.78 is 3.40. The Kier molecular flexibility index (Phi) is 4.71. The van der Waals surface area contributed by atoms with Crippen LogP contribution in [0.15, 0.2) is 40.3 Å². The standard InChI is InChI=1S/C20H20N6OS2/c1-12(17-22-23-24-26(17)13-8-4-3-5-9-13)28-20-21-18-16(19(27)25(20)2)14-10-6-7-11-15(14)29-18/h3-5,8-9,12H,6-7,10-11H2,1-2H3. The van der Waals surface area contributed by atoms with Crippen molar-refractivity contribution in [2.75, 3.05) is 0 Å². The zero-order valence-electron chi connectivity index (χ0n) is 16.2. The van der Waals surface area contributed by atoms with E-state index in [1.165, 1.54) is 28.6 Å². The minimum Gasteiger partial charge on any atom is -0.290 e. The van der Waals surface area contributed by atoms with Crippen molar-refractivity contribution in [3.63, 3.8) is 0 Å². The highest BCUT2D eigenvalue weighted by Gasteiger charge is 2.23. The molecule has 1 unspecified atom stereocenters. The fourth-order valence-electron chi connectivity index (χ4n) is 3.78. The molecule has 0 amide bonds. The fourth-order valence-corrected chi connectivity index (χ4v) is 6.05. The fraction of sp³-hybridized carbons (Fsp3) is 0.350. The van der Waals surface area contributed by atoms with Gasteiger partial charge in [0.15, 0.2) is 11.0 Å². The van der Waals surface area contributed by atoms with Crippen LogP contribution in [0, 0.1) is 0 Å². The molecule has 1 aliphatic rings. The highest BCUT2D eigenvalue weighted by molar-refractivity contribution is 7.99. The predicted octanol–water partition coefficient (Wildman–Crippen LogP) is 3.70. The van der Waals surface area contributed by atoms with Gasteiger partial charge in [0.25, 0.3) is 5.56 Å². The Labute approximate surface area is 175 Å². The van der Waals surface area contributed by atoms with E-state index in [1.807, 2.05) is 37.3 Å². The van der Waals surface area contributed by atoms with Gasteiger partial charge in [0.1, 0.15) is 4.83 Å². The van der Waals surface area contributed by atoms with Crippen molar-refractivity contribution in [2.45, 2.75) is 43.0 Å².